The number of pyridine rings is 1. The van der Waals surface area contributed by atoms with Crippen LogP contribution >= 0.6 is 0 Å². The van der Waals surface area contributed by atoms with Crippen LogP contribution in [0.15, 0.2) is 18.3 Å². The van der Waals surface area contributed by atoms with Crippen molar-refractivity contribution in [3.8, 4) is 0 Å². The first-order valence-corrected chi connectivity index (χ1v) is 6.93. The normalized spacial score (nSPS) is 19.9. The second kappa shape index (κ2) is 6.95. The second-order valence-corrected chi connectivity index (χ2v) is 5.20. The highest BCUT2D eigenvalue weighted by Crippen LogP contribution is 2.27. The van der Waals surface area contributed by atoms with E-state index >= 15 is 0 Å². The van der Waals surface area contributed by atoms with E-state index in [0.717, 1.165) is 12.3 Å². The fourth-order valence-corrected chi connectivity index (χ4v) is 2.33. The van der Waals surface area contributed by atoms with E-state index in [9.17, 15) is 27.9 Å². The van der Waals surface area contributed by atoms with Crippen LogP contribution in [0.1, 0.15) is 28.9 Å². The van der Waals surface area contributed by atoms with Crippen LogP contribution in [0.2, 0.25) is 0 Å². The summed E-state index contributed by atoms with van der Waals surface area (Å²) in [6.45, 7) is 0.752. The fraction of sp³-hybridized carbons (Fsp3) is 0.500. The number of nitrogens with zero attached hydrogens (tertiary/aromatic N) is 1. The number of amides is 1. The lowest BCUT2D eigenvalue weighted by molar-refractivity contribution is -0.142. The minimum Gasteiger partial charge on any atom is -0.480 e. The summed E-state index contributed by atoms with van der Waals surface area (Å²) in [5, 5.41) is 11.6. The van der Waals surface area contributed by atoms with E-state index in [1.807, 2.05) is 0 Å². The number of ether oxygens (including phenoxy) is 1. The lowest BCUT2D eigenvalue weighted by Crippen LogP contribution is -2.48. The number of aliphatic carboxylic acids is 1. The number of carbonyl (C=O) groups excluding carboxylic acids is 1. The highest BCUT2D eigenvalue weighted by Gasteiger charge is 2.33. The third kappa shape index (κ3) is 4.41. The lowest BCUT2D eigenvalue weighted by Gasteiger charge is -2.28. The summed E-state index contributed by atoms with van der Waals surface area (Å²) >= 11 is 0. The smallest absolute Gasteiger partial charge is 0.433 e. The Hall–Kier alpha value is -2.16. The number of hydrogen-bond donors (Lipinski definition) is 2. The predicted octanol–water partition coefficient (Wildman–Crippen LogP) is 1.71. The maximum Gasteiger partial charge on any atom is 0.433 e. The molecule has 1 saturated heterocycles. The molecule has 1 amide bonds. The molecule has 23 heavy (non-hydrogen) atoms. The SMILES string of the molecule is O=C(NC(C(=O)O)C1CCCOC1)c1ccc(C(F)(F)F)nc1. The molecule has 2 heterocycles. The molecule has 6 nitrogen and oxygen atoms in total. The number of nitrogens with one attached hydrogen (secondary N) is 1. The molecule has 126 valence electrons. The Morgan fingerprint density at radius 2 is 2.13 bits per heavy atom. The van der Waals surface area contributed by atoms with E-state index in [2.05, 4.69) is 10.3 Å². The third-order valence-corrected chi connectivity index (χ3v) is 3.54. The van der Waals surface area contributed by atoms with Gasteiger partial charge < -0.3 is 15.2 Å². The Morgan fingerprint density at radius 1 is 1.39 bits per heavy atom. The van der Waals surface area contributed by atoms with Crippen molar-refractivity contribution in [1.82, 2.24) is 10.3 Å². The molecule has 1 aromatic heterocycles. The number of halogens is 3. The Bertz CT molecular complexity index is 568. The summed E-state index contributed by atoms with van der Waals surface area (Å²) in [7, 11) is 0. The van der Waals surface area contributed by atoms with Crippen LogP contribution in [0.5, 0.6) is 0 Å². The van der Waals surface area contributed by atoms with E-state index in [-0.39, 0.29) is 18.1 Å². The van der Waals surface area contributed by atoms with Gasteiger partial charge in [0.25, 0.3) is 5.91 Å². The van der Waals surface area contributed by atoms with Crippen LogP contribution in [0.3, 0.4) is 0 Å². The zero-order valence-electron chi connectivity index (χ0n) is 12.0. The van der Waals surface area contributed by atoms with Crippen LogP contribution < -0.4 is 5.32 Å². The maximum atomic E-state index is 12.4. The molecule has 2 unspecified atom stereocenters. The monoisotopic (exact) mass is 332 g/mol. The summed E-state index contributed by atoms with van der Waals surface area (Å²) < 4.78 is 42.5. The quantitative estimate of drug-likeness (QED) is 0.876. The van der Waals surface area contributed by atoms with Gasteiger partial charge in [-0.15, -0.1) is 0 Å². The van der Waals surface area contributed by atoms with Crippen molar-refractivity contribution in [2.24, 2.45) is 5.92 Å². The fourth-order valence-electron chi connectivity index (χ4n) is 2.33. The molecule has 2 rings (SSSR count). The van der Waals surface area contributed by atoms with Crippen molar-refractivity contribution in [3.63, 3.8) is 0 Å². The maximum absolute atomic E-state index is 12.4. The largest absolute Gasteiger partial charge is 0.480 e. The number of carboxylic acid groups (broad SMARTS) is 1. The van der Waals surface area contributed by atoms with E-state index < -0.39 is 29.8 Å². The van der Waals surface area contributed by atoms with E-state index in [4.69, 9.17) is 4.74 Å². The Balaban J connectivity index is 2.07. The second-order valence-electron chi connectivity index (χ2n) is 5.20. The lowest BCUT2D eigenvalue weighted by atomic mass is 9.93. The molecule has 1 aliphatic heterocycles. The number of aromatic nitrogens is 1. The average Bonchev–Trinajstić information content (AvgIpc) is 2.52. The molecule has 0 radical (unpaired) electrons. The van der Waals surface area contributed by atoms with Crippen LogP contribution in [-0.2, 0) is 15.7 Å². The molecule has 0 bridgehead atoms. The van der Waals surface area contributed by atoms with Gasteiger partial charge in [0.05, 0.1) is 12.2 Å². The first kappa shape index (κ1) is 17.2. The summed E-state index contributed by atoms with van der Waals surface area (Å²) in [6, 6.07) is 0.473. The number of carbonyl (C=O) groups is 2. The number of carboxylic acids is 1. The van der Waals surface area contributed by atoms with Gasteiger partial charge in [0, 0.05) is 18.7 Å². The number of rotatable bonds is 4. The van der Waals surface area contributed by atoms with Gasteiger partial charge in [-0.1, -0.05) is 0 Å². The number of alkyl halides is 3. The third-order valence-electron chi connectivity index (χ3n) is 3.54. The Kier molecular flexibility index (Phi) is 5.19. The average molecular weight is 332 g/mol. The first-order chi connectivity index (χ1) is 10.8. The zero-order chi connectivity index (χ0) is 17.0. The van der Waals surface area contributed by atoms with Gasteiger partial charge >= 0.3 is 12.1 Å². The van der Waals surface area contributed by atoms with Gasteiger partial charge in [-0.3, -0.25) is 9.78 Å². The van der Waals surface area contributed by atoms with Crippen molar-refractivity contribution >= 4 is 11.9 Å². The summed E-state index contributed by atoms with van der Waals surface area (Å²) in [4.78, 5) is 26.5. The van der Waals surface area contributed by atoms with Crippen LogP contribution in [-0.4, -0.2) is 41.2 Å². The minimum absolute atomic E-state index is 0.138. The topological polar surface area (TPSA) is 88.5 Å². The van der Waals surface area contributed by atoms with Crippen LogP contribution in [0.25, 0.3) is 0 Å². The summed E-state index contributed by atoms with van der Waals surface area (Å²) in [5.74, 6) is -2.38. The molecule has 0 spiro atoms. The Morgan fingerprint density at radius 3 is 2.61 bits per heavy atom. The van der Waals surface area contributed by atoms with Gasteiger partial charge in [-0.05, 0) is 25.0 Å². The highest BCUT2D eigenvalue weighted by molar-refractivity contribution is 5.96. The van der Waals surface area contributed by atoms with Crippen LogP contribution in [0.4, 0.5) is 13.2 Å². The molecular formula is C14H15F3N2O4. The van der Waals surface area contributed by atoms with E-state index in [0.29, 0.717) is 25.5 Å². The molecule has 1 aromatic rings. The van der Waals surface area contributed by atoms with Crippen molar-refractivity contribution in [3.05, 3.63) is 29.6 Å². The van der Waals surface area contributed by atoms with Crippen molar-refractivity contribution in [2.75, 3.05) is 13.2 Å². The Labute approximate surface area is 129 Å². The molecule has 2 N–H and O–H groups in total. The predicted molar refractivity (Wildman–Crippen MR) is 71.7 cm³/mol. The molecular weight excluding hydrogens is 317 g/mol. The van der Waals surface area contributed by atoms with Gasteiger partial charge in [-0.25, -0.2) is 4.79 Å². The standard InChI is InChI=1S/C14H15F3N2O4/c15-14(16,17)10-4-3-8(6-18-10)12(20)19-11(13(21)22)9-2-1-5-23-7-9/h3-4,6,9,11H,1-2,5,7H2,(H,19,20)(H,21,22). The molecule has 0 aromatic carbocycles. The van der Waals surface area contributed by atoms with Gasteiger partial charge in [0.1, 0.15) is 11.7 Å². The summed E-state index contributed by atoms with van der Waals surface area (Å²) in [6.07, 6.45) is -2.55. The summed E-state index contributed by atoms with van der Waals surface area (Å²) in [5.41, 5.74) is -1.26. The van der Waals surface area contributed by atoms with E-state index in [1.54, 1.807) is 0 Å². The van der Waals surface area contributed by atoms with Crippen molar-refractivity contribution < 1.29 is 32.6 Å². The van der Waals surface area contributed by atoms with Gasteiger partial charge in [-0.2, -0.15) is 13.2 Å². The minimum atomic E-state index is -4.60. The van der Waals surface area contributed by atoms with Gasteiger partial charge in [0.2, 0.25) is 0 Å². The molecule has 9 heteroatoms. The molecule has 0 aliphatic carbocycles. The van der Waals surface area contributed by atoms with Crippen molar-refractivity contribution in [1.29, 1.82) is 0 Å². The zero-order valence-corrected chi connectivity index (χ0v) is 12.0. The molecule has 1 aliphatic rings. The van der Waals surface area contributed by atoms with Crippen LogP contribution in [0, 0.1) is 5.92 Å². The van der Waals surface area contributed by atoms with Crippen molar-refractivity contribution in [2.45, 2.75) is 25.1 Å². The number of hydrogen-bond acceptors (Lipinski definition) is 4. The highest BCUT2D eigenvalue weighted by atomic mass is 19.4. The molecule has 0 saturated carbocycles. The first-order valence-electron chi connectivity index (χ1n) is 6.93. The van der Waals surface area contributed by atoms with E-state index in [1.165, 1.54) is 0 Å². The van der Waals surface area contributed by atoms with Gasteiger partial charge in [0.15, 0.2) is 0 Å². The molecule has 1 fully saturated rings. The molecule has 2 atom stereocenters.